The highest BCUT2D eigenvalue weighted by Crippen LogP contribution is 2.31. The number of hydrogen-bond donors (Lipinski definition) is 1. The Balaban J connectivity index is 2.32. The first kappa shape index (κ1) is 12.0. The zero-order valence-electron chi connectivity index (χ0n) is 9.80. The van der Waals surface area contributed by atoms with Gasteiger partial charge in [0.2, 0.25) is 0 Å². The minimum Gasteiger partial charge on any atom is -0.325 e. The van der Waals surface area contributed by atoms with Gasteiger partial charge in [0.15, 0.2) is 4.96 Å². The quantitative estimate of drug-likeness (QED) is 0.854. The lowest BCUT2D eigenvalue weighted by atomic mass is 10.2. The number of nitrogens with zero attached hydrogens (tertiary/aromatic N) is 2. The zero-order valence-corrected chi connectivity index (χ0v) is 11.4. The average molecular weight is 255 g/mol. The Hall–Kier alpha value is -0.520. The van der Waals surface area contributed by atoms with E-state index in [0.29, 0.717) is 17.7 Å². The Morgan fingerprint density at radius 1 is 1.50 bits per heavy atom. The van der Waals surface area contributed by atoms with Gasteiger partial charge in [-0.05, 0) is 5.92 Å². The van der Waals surface area contributed by atoms with Crippen molar-refractivity contribution >= 4 is 28.1 Å². The SMILES string of the molecule is CC(C)C(C)Sc1nc2sccn2c1CN. The van der Waals surface area contributed by atoms with Gasteiger partial charge >= 0.3 is 0 Å². The molecule has 0 saturated carbocycles. The molecule has 0 amide bonds. The van der Waals surface area contributed by atoms with Crippen molar-refractivity contribution in [3.63, 3.8) is 0 Å². The zero-order chi connectivity index (χ0) is 11.7. The first-order valence-corrected chi connectivity index (χ1v) is 7.20. The number of rotatable bonds is 4. The second-order valence-electron chi connectivity index (χ2n) is 4.19. The van der Waals surface area contributed by atoms with Crippen molar-refractivity contribution in [3.8, 4) is 0 Å². The van der Waals surface area contributed by atoms with Crippen LogP contribution in [0.4, 0.5) is 0 Å². The molecule has 0 aliphatic carbocycles. The summed E-state index contributed by atoms with van der Waals surface area (Å²) in [4.78, 5) is 5.67. The maximum atomic E-state index is 5.80. The minimum absolute atomic E-state index is 0.547. The third-order valence-electron chi connectivity index (χ3n) is 2.75. The second-order valence-corrected chi connectivity index (χ2v) is 6.43. The van der Waals surface area contributed by atoms with E-state index in [0.717, 1.165) is 15.7 Å². The topological polar surface area (TPSA) is 43.3 Å². The Bertz CT molecular complexity index is 472. The van der Waals surface area contributed by atoms with Crippen LogP contribution < -0.4 is 5.73 Å². The van der Waals surface area contributed by atoms with E-state index in [-0.39, 0.29) is 0 Å². The summed E-state index contributed by atoms with van der Waals surface area (Å²) in [6, 6.07) is 0. The molecule has 88 valence electrons. The summed E-state index contributed by atoms with van der Waals surface area (Å²) in [5.74, 6) is 0.648. The normalized spacial score (nSPS) is 13.8. The maximum Gasteiger partial charge on any atom is 0.194 e. The van der Waals surface area contributed by atoms with E-state index in [4.69, 9.17) is 5.73 Å². The standard InChI is InChI=1S/C11H17N3S2/c1-7(2)8(3)16-10-9(6-12)14-4-5-15-11(14)13-10/h4-5,7-8H,6,12H2,1-3H3. The second kappa shape index (κ2) is 4.77. The van der Waals surface area contributed by atoms with Gasteiger partial charge < -0.3 is 5.73 Å². The highest BCUT2D eigenvalue weighted by Gasteiger charge is 2.16. The van der Waals surface area contributed by atoms with E-state index in [1.54, 1.807) is 11.3 Å². The Morgan fingerprint density at radius 2 is 2.25 bits per heavy atom. The van der Waals surface area contributed by atoms with Crippen LogP contribution in [0.5, 0.6) is 0 Å². The first-order chi connectivity index (χ1) is 7.63. The molecule has 1 atom stereocenters. The number of thiazole rings is 1. The molecule has 2 N–H and O–H groups in total. The number of imidazole rings is 1. The summed E-state index contributed by atoms with van der Waals surface area (Å²) in [6.07, 6.45) is 2.04. The molecule has 0 aromatic carbocycles. The van der Waals surface area contributed by atoms with Crippen LogP contribution in [-0.2, 0) is 6.54 Å². The van der Waals surface area contributed by atoms with Crippen molar-refractivity contribution in [1.82, 2.24) is 9.38 Å². The fourth-order valence-electron chi connectivity index (χ4n) is 1.40. The van der Waals surface area contributed by atoms with E-state index in [1.807, 2.05) is 23.3 Å². The van der Waals surface area contributed by atoms with Gasteiger partial charge in [0.05, 0.1) is 5.69 Å². The van der Waals surface area contributed by atoms with Gasteiger partial charge in [-0.1, -0.05) is 20.8 Å². The molecule has 2 aromatic rings. The van der Waals surface area contributed by atoms with Crippen molar-refractivity contribution in [2.75, 3.05) is 0 Å². The van der Waals surface area contributed by atoms with Crippen LogP contribution in [0.1, 0.15) is 26.5 Å². The molecule has 0 radical (unpaired) electrons. The summed E-state index contributed by atoms with van der Waals surface area (Å²) in [5, 5.41) is 3.70. The molecule has 3 nitrogen and oxygen atoms in total. The molecular formula is C11H17N3S2. The van der Waals surface area contributed by atoms with Gasteiger partial charge in [-0.2, -0.15) is 0 Å². The van der Waals surface area contributed by atoms with Crippen LogP contribution in [0.15, 0.2) is 16.6 Å². The molecule has 0 aliphatic rings. The first-order valence-electron chi connectivity index (χ1n) is 5.44. The van der Waals surface area contributed by atoms with Gasteiger partial charge in [0, 0.05) is 23.4 Å². The molecule has 0 spiro atoms. The highest BCUT2D eigenvalue weighted by atomic mass is 32.2. The van der Waals surface area contributed by atoms with Crippen molar-refractivity contribution in [2.45, 2.75) is 37.6 Å². The number of nitrogens with two attached hydrogens (primary N) is 1. The summed E-state index contributed by atoms with van der Waals surface area (Å²) in [7, 11) is 0. The highest BCUT2D eigenvalue weighted by molar-refractivity contribution is 7.99. The molecule has 2 aromatic heterocycles. The molecule has 0 aliphatic heterocycles. The van der Waals surface area contributed by atoms with E-state index in [2.05, 4.69) is 30.2 Å². The molecule has 2 heterocycles. The lowest BCUT2D eigenvalue weighted by molar-refractivity contribution is 0.641. The number of hydrogen-bond acceptors (Lipinski definition) is 4. The van der Waals surface area contributed by atoms with Crippen LogP contribution in [0.2, 0.25) is 0 Å². The van der Waals surface area contributed by atoms with Crippen molar-refractivity contribution in [2.24, 2.45) is 11.7 Å². The van der Waals surface area contributed by atoms with Crippen LogP contribution in [0, 0.1) is 5.92 Å². The molecular weight excluding hydrogens is 238 g/mol. The summed E-state index contributed by atoms with van der Waals surface area (Å²) in [6.45, 7) is 7.25. The van der Waals surface area contributed by atoms with Crippen molar-refractivity contribution in [1.29, 1.82) is 0 Å². The fraction of sp³-hybridized carbons (Fsp3) is 0.545. The molecule has 5 heteroatoms. The van der Waals surface area contributed by atoms with Gasteiger partial charge in [0.25, 0.3) is 0 Å². The fourth-order valence-corrected chi connectivity index (χ4v) is 3.28. The van der Waals surface area contributed by atoms with E-state index in [9.17, 15) is 0 Å². The number of fused-ring (bicyclic) bond motifs is 1. The van der Waals surface area contributed by atoms with Crippen LogP contribution in [0.3, 0.4) is 0 Å². The molecule has 1 unspecified atom stereocenters. The minimum atomic E-state index is 0.547. The third-order valence-corrected chi connectivity index (χ3v) is 4.98. The van der Waals surface area contributed by atoms with Crippen molar-refractivity contribution < 1.29 is 0 Å². The Labute approximate surface area is 104 Å². The Kier molecular flexibility index (Phi) is 3.56. The lowest BCUT2D eigenvalue weighted by Gasteiger charge is -2.13. The summed E-state index contributed by atoms with van der Waals surface area (Å²) < 4.78 is 2.10. The van der Waals surface area contributed by atoms with E-state index in [1.165, 1.54) is 0 Å². The predicted octanol–water partition coefficient (Wildman–Crippen LogP) is 2.99. The van der Waals surface area contributed by atoms with Gasteiger partial charge in [0.1, 0.15) is 5.03 Å². The van der Waals surface area contributed by atoms with Gasteiger partial charge in [-0.25, -0.2) is 4.98 Å². The van der Waals surface area contributed by atoms with E-state index >= 15 is 0 Å². The number of aromatic nitrogens is 2. The van der Waals surface area contributed by atoms with E-state index < -0.39 is 0 Å². The number of thioether (sulfide) groups is 1. The van der Waals surface area contributed by atoms with Gasteiger partial charge in [-0.15, -0.1) is 23.1 Å². The lowest BCUT2D eigenvalue weighted by Crippen LogP contribution is -2.07. The smallest absolute Gasteiger partial charge is 0.194 e. The van der Waals surface area contributed by atoms with Crippen molar-refractivity contribution in [3.05, 3.63) is 17.3 Å². The summed E-state index contributed by atoms with van der Waals surface area (Å²) >= 11 is 3.48. The van der Waals surface area contributed by atoms with Gasteiger partial charge in [-0.3, -0.25) is 4.40 Å². The molecule has 16 heavy (non-hydrogen) atoms. The van der Waals surface area contributed by atoms with Crippen LogP contribution >= 0.6 is 23.1 Å². The Morgan fingerprint density at radius 3 is 2.88 bits per heavy atom. The largest absolute Gasteiger partial charge is 0.325 e. The molecule has 0 saturated heterocycles. The monoisotopic (exact) mass is 255 g/mol. The third kappa shape index (κ3) is 2.12. The molecule has 0 bridgehead atoms. The molecule has 0 fully saturated rings. The van der Waals surface area contributed by atoms with Crippen LogP contribution in [0.25, 0.3) is 4.96 Å². The predicted molar refractivity (Wildman–Crippen MR) is 71.1 cm³/mol. The maximum absolute atomic E-state index is 5.80. The average Bonchev–Trinajstić information content (AvgIpc) is 2.77. The summed E-state index contributed by atoms with van der Waals surface area (Å²) in [5.41, 5.74) is 6.94. The molecule has 2 rings (SSSR count). The van der Waals surface area contributed by atoms with Crippen LogP contribution in [-0.4, -0.2) is 14.6 Å².